The molecule has 7 aromatic rings. The van der Waals surface area contributed by atoms with Gasteiger partial charge in [0.25, 0.3) is 0 Å². The van der Waals surface area contributed by atoms with Crippen LogP contribution < -0.4 is 5.73 Å². The lowest BCUT2D eigenvalue weighted by Crippen LogP contribution is -1.94. The third-order valence-corrected chi connectivity index (χ3v) is 8.93. The molecular weight excluding hydrogens is 556 g/mol. The number of hydrogen-bond donors (Lipinski definition) is 1. The molecular formula is C44H36N2. The quantitative estimate of drug-likeness (QED) is 0.183. The van der Waals surface area contributed by atoms with E-state index in [0.29, 0.717) is 0 Å². The zero-order chi connectivity index (χ0) is 31.6. The Morgan fingerprint density at radius 1 is 0.587 bits per heavy atom. The average molecular weight is 593 g/mol. The fraction of sp³-hybridized carbons (Fsp3) is 0.0455. The Labute approximate surface area is 270 Å². The summed E-state index contributed by atoms with van der Waals surface area (Å²) in [5, 5.41) is 4.92. The van der Waals surface area contributed by atoms with Gasteiger partial charge in [-0.3, -0.25) is 0 Å². The average Bonchev–Trinajstić information content (AvgIpc) is 3.45. The van der Waals surface area contributed by atoms with Crippen molar-refractivity contribution in [1.29, 1.82) is 0 Å². The summed E-state index contributed by atoms with van der Waals surface area (Å²) >= 11 is 0. The van der Waals surface area contributed by atoms with Crippen molar-refractivity contribution in [2.45, 2.75) is 13.8 Å². The zero-order valence-electron chi connectivity index (χ0n) is 26.2. The summed E-state index contributed by atoms with van der Waals surface area (Å²) in [5.74, 6) is 0. The van der Waals surface area contributed by atoms with Crippen LogP contribution in [0.1, 0.15) is 25.0 Å². The van der Waals surface area contributed by atoms with Gasteiger partial charge in [0.1, 0.15) is 0 Å². The molecule has 0 saturated heterocycles. The van der Waals surface area contributed by atoms with Crippen molar-refractivity contribution in [3.05, 3.63) is 176 Å². The minimum Gasteiger partial charge on any atom is -0.405 e. The van der Waals surface area contributed by atoms with E-state index >= 15 is 0 Å². The summed E-state index contributed by atoms with van der Waals surface area (Å²) in [7, 11) is 0. The van der Waals surface area contributed by atoms with E-state index < -0.39 is 0 Å². The predicted octanol–water partition coefficient (Wildman–Crippen LogP) is 11.7. The van der Waals surface area contributed by atoms with Crippen molar-refractivity contribution in [1.82, 2.24) is 4.57 Å². The first kappa shape index (κ1) is 28.9. The van der Waals surface area contributed by atoms with Crippen molar-refractivity contribution in [3.8, 4) is 27.9 Å². The molecule has 222 valence electrons. The Bertz CT molecular complexity index is 2350. The topological polar surface area (TPSA) is 30.9 Å². The number of aromatic nitrogens is 1. The SMILES string of the molecule is C=C/C(=C\C)c1cccc(-c2ccc3c4ccc5cc(-c6cccc(C(/C=C\N)=C/C)c6)ccc5c4n(-c4ccccc4)c3c2)c1. The molecule has 0 aliphatic carbocycles. The van der Waals surface area contributed by atoms with Crippen LogP contribution in [-0.4, -0.2) is 4.57 Å². The van der Waals surface area contributed by atoms with Crippen LogP contribution in [0.15, 0.2) is 164 Å². The maximum atomic E-state index is 5.72. The van der Waals surface area contributed by atoms with E-state index in [-0.39, 0.29) is 0 Å². The maximum Gasteiger partial charge on any atom is 0.0619 e. The van der Waals surface area contributed by atoms with Gasteiger partial charge in [-0.1, -0.05) is 116 Å². The molecule has 2 heteroatoms. The summed E-state index contributed by atoms with van der Waals surface area (Å²) < 4.78 is 2.43. The molecule has 7 rings (SSSR count). The van der Waals surface area contributed by atoms with Gasteiger partial charge < -0.3 is 10.3 Å². The monoisotopic (exact) mass is 592 g/mol. The van der Waals surface area contributed by atoms with E-state index in [1.807, 2.05) is 19.1 Å². The van der Waals surface area contributed by atoms with Crippen molar-refractivity contribution < 1.29 is 0 Å². The highest BCUT2D eigenvalue weighted by Gasteiger charge is 2.17. The molecule has 0 unspecified atom stereocenters. The van der Waals surface area contributed by atoms with E-state index in [9.17, 15) is 0 Å². The Kier molecular flexibility index (Phi) is 7.70. The first-order valence-corrected chi connectivity index (χ1v) is 15.7. The molecule has 6 aromatic carbocycles. The van der Waals surface area contributed by atoms with Gasteiger partial charge in [0.15, 0.2) is 0 Å². The standard InChI is InChI=1S/C44H36N2/c1-4-30(5-2)32-12-10-15-35(26-32)37-19-22-41-42-23-20-38-28-36(34-14-11-13-33(27-34)31(6-3)24-25-45)18-21-40(38)44(42)46(43(41)29-37)39-16-8-7-9-17-39/h4-29H,1,45H2,2-3H3/b25-24-,30-5+,31-6+. The molecule has 0 spiro atoms. The number of nitrogens with two attached hydrogens (primary N) is 1. The first-order valence-electron chi connectivity index (χ1n) is 15.7. The molecule has 0 fully saturated rings. The van der Waals surface area contributed by atoms with Gasteiger partial charge in [-0.05, 0) is 112 Å². The second-order valence-electron chi connectivity index (χ2n) is 11.5. The number of hydrogen-bond acceptors (Lipinski definition) is 1. The maximum absolute atomic E-state index is 5.72. The smallest absolute Gasteiger partial charge is 0.0619 e. The molecule has 1 aromatic heterocycles. The second kappa shape index (κ2) is 12.3. The highest BCUT2D eigenvalue weighted by molar-refractivity contribution is 6.19. The van der Waals surface area contributed by atoms with Crippen molar-refractivity contribution in [2.24, 2.45) is 5.73 Å². The summed E-state index contributed by atoms with van der Waals surface area (Å²) in [6.07, 6.45) is 9.65. The predicted molar refractivity (Wildman–Crippen MR) is 200 cm³/mol. The minimum absolute atomic E-state index is 1.10. The first-order chi connectivity index (χ1) is 22.6. The van der Waals surface area contributed by atoms with Crippen LogP contribution in [0.3, 0.4) is 0 Å². The molecule has 46 heavy (non-hydrogen) atoms. The fourth-order valence-corrected chi connectivity index (χ4v) is 6.66. The normalized spacial score (nSPS) is 12.5. The third-order valence-electron chi connectivity index (χ3n) is 8.93. The fourth-order valence-electron chi connectivity index (χ4n) is 6.66. The van der Waals surface area contributed by atoms with Gasteiger partial charge in [-0.2, -0.15) is 0 Å². The van der Waals surface area contributed by atoms with Gasteiger partial charge >= 0.3 is 0 Å². The van der Waals surface area contributed by atoms with Crippen molar-refractivity contribution in [2.75, 3.05) is 0 Å². The van der Waals surface area contributed by atoms with Crippen molar-refractivity contribution >= 4 is 43.7 Å². The Balaban J connectivity index is 1.44. The van der Waals surface area contributed by atoms with E-state index in [1.165, 1.54) is 60.4 Å². The molecule has 0 saturated carbocycles. The molecule has 2 nitrogen and oxygen atoms in total. The van der Waals surface area contributed by atoms with E-state index in [1.54, 1.807) is 6.20 Å². The highest BCUT2D eigenvalue weighted by Crippen LogP contribution is 2.39. The minimum atomic E-state index is 1.10. The van der Waals surface area contributed by atoms with Crippen LogP contribution in [0, 0.1) is 0 Å². The third kappa shape index (κ3) is 5.04. The molecule has 0 amide bonds. The van der Waals surface area contributed by atoms with Crippen LogP contribution in [-0.2, 0) is 0 Å². The lowest BCUT2D eigenvalue weighted by atomic mass is 9.96. The van der Waals surface area contributed by atoms with Gasteiger partial charge in [0.2, 0.25) is 0 Å². The molecule has 0 aliphatic heterocycles. The van der Waals surface area contributed by atoms with Gasteiger partial charge in [0, 0.05) is 21.8 Å². The van der Waals surface area contributed by atoms with Crippen LogP contribution in [0.4, 0.5) is 0 Å². The van der Waals surface area contributed by atoms with Gasteiger partial charge in [-0.15, -0.1) is 0 Å². The summed E-state index contributed by atoms with van der Waals surface area (Å²) in [5.41, 5.74) is 18.6. The molecule has 0 bridgehead atoms. The number of nitrogens with zero attached hydrogens (tertiary/aromatic N) is 1. The largest absolute Gasteiger partial charge is 0.405 e. The number of rotatable bonds is 7. The van der Waals surface area contributed by atoms with Gasteiger partial charge in [-0.25, -0.2) is 0 Å². The summed E-state index contributed by atoms with van der Waals surface area (Å²) in [6, 6.07) is 46.3. The Hall–Kier alpha value is -5.86. The molecule has 0 atom stereocenters. The molecule has 0 radical (unpaired) electrons. The molecule has 0 aliphatic rings. The number of fused-ring (bicyclic) bond motifs is 5. The Morgan fingerprint density at radius 2 is 1.20 bits per heavy atom. The van der Waals surface area contributed by atoms with E-state index in [0.717, 1.165) is 22.4 Å². The van der Waals surface area contributed by atoms with Crippen LogP contribution in [0.2, 0.25) is 0 Å². The number of benzene rings is 6. The van der Waals surface area contributed by atoms with Crippen LogP contribution in [0.25, 0.3) is 71.7 Å². The van der Waals surface area contributed by atoms with Crippen LogP contribution >= 0.6 is 0 Å². The highest BCUT2D eigenvalue weighted by atomic mass is 15.0. The summed E-state index contributed by atoms with van der Waals surface area (Å²) in [4.78, 5) is 0. The lowest BCUT2D eigenvalue weighted by Gasteiger charge is -2.12. The van der Waals surface area contributed by atoms with E-state index in [4.69, 9.17) is 5.73 Å². The summed E-state index contributed by atoms with van der Waals surface area (Å²) in [6.45, 7) is 8.10. The van der Waals surface area contributed by atoms with E-state index in [2.05, 4.69) is 158 Å². The van der Waals surface area contributed by atoms with Crippen LogP contribution in [0.5, 0.6) is 0 Å². The number of allylic oxidation sites excluding steroid dienone is 6. The molecule has 2 N–H and O–H groups in total. The zero-order valence-corrected chi connectivity index (χ0v) is 26.2. The van der Waals surface area contributed by atoms with Gasteiger partial charge in [0.05, 0.1) is 11.0 Å². The van der Waals surface area contributed by atoms with Crippen molar-refractivity contribution in [3.63, 3.8) is 0 Å². The molecule has 1 heterocycles. The lowest BCUT2D eigenvalue weighted by molar-refractivity contribution is 1.19. The Morgan fingerprint density at radius 3 is 1.85 bits per heavy atom. The second-order valence-corrected chi connectivity index (χ2v) is 11.5. The number of para-hydroxylation sites is 1.